The predicted molar refractivity (Wildman–Crippen MR) is 79.2 cm³/mol. The Hall–Kier alpha value is -2.30. The zero-order valence-electron chi connectivity index (χ0n) is 11.9. The Balaban J connectivity index is 2.02. The standard InChI is InChI=1S/C16H19NO4/c1-2-21-12-9-7-11(8-10-12)17-15(18)13-5-3-4-6-14(13)16(19)20/h3-4,7-10,13-14H,2,5-6H2,1H3,(H,17,18)(H,19,20)/t13-,14+/m0/s1. The summed E-state index contributed by atoms with van der Waals surface area (Å²) in [5.74, 6) is -1.63. The summed E-state index contributed by atoms with van der Waals surface area (Å²) in [5, 5.41) is 12.0. The molecule has 0 aromatic heterocycles. The number of hydrogen-bond donors (Lipinski definition) is 2. The van der Waals surface area contributed by atoms with Crippen LogP contribution in [0.2, 0.25) is 0 Å². The fourth-order valence-corrected chi connectivity index (χ4v) is 2.41. The fraction of sp³-hybridized carbons (Fsp3) is 0.375. The van der Waals surface area contributed by atoms with Gasteiger partial charge in [-0.3, -0.25) is 9.59 Å². The van der Waals surface area contributed by atoms with Crippen LogP contribution in [0.15, 0.2) is 36.4 Å². The number of rotatable bonds is 5. The van der Waals surface area contributed by atoms with Crippen LogP contribution in [0.4, 0.5) is 5.69 Å². The maximum absolute atomic E-state index is 12.3. The molecule has 0 saturated heterocycles. The molecule has 0 heterocycles. The van der Waals surface area contributed by atoms with Gasteiger partial charge in [0.25, 0.3) is 0 Å². The Morgan fingerprint density at radius 2 is 1.81 bits per heavy atom. The minimum absolute atomic E-state index is 0.254. The van der Waals surface area contributed by atoms with Gasteiger partial charge in [-0.1, -0.05) is 12.2 Å². The molecule has 0 spiro atoms. The third-order valence-corrected chi connectivity index (χ3v) is 3.52. The lowest BCUT2D eigenvalue weighted by Crippen LogP contribution is -2.34. The first kappa shape index (κ1) is 15.1. The van der Waals surface area contributed by atoms with Crippen LogP contribution in [0.25, 0.3) is 0 Å². The molecule has 2 rings (SSSR count). The Morgan fingerprint density at radius 1 is 1.19 bits per heavy atom. The molecule has 0 radical (unpaired) electrons. The lowest BCUT2D eigenvalue weighted by Gasteiger charge is -2.24. The van der Waals surface area contributed by atoms with Crippen molar-refractivity contribution in [2.24, 2.45) is 11.8 Å². The summed E-state index contributed by atoms with van der Waals surface area (Å²) in [6.45, 7) is 2.48. The zero-order chi connectivity index (χ0) is 15.2. The number of ether oxygens (including phenoxy) is 1. The predicted octanol–water partition coefficient (Wildman–Crippen LogP) is 2.69. The molecule has 1 aliphatic rings. The first-order valence-corrected chi connectivity index (χ1v) is 7.03. The Bertz CT molecular complexity index is 536. The molecule has 112 valence electrons. The van der Waals surface area contributed by atoms with Gasteiger partial charge >= 0.3 is 5.97 Å². The topological polar surface area (TPSA) is 75.6 Å². The van der Waals surface area contributed by atoms with Crippen LogP contribution in [0.5, 0.6) is 5.75 Å². The minimum atomic E-state index is -0.925. The molecule has 0 saturated carbocycles. The number of aliphatic carboxylic acids is 1. The van der Waals surface area contributed by atoms with E-state index in [2.05, 4.69) is 5.32 Å². The summed E-state index contributed by atoms with van der Waals surface area (Å²) < 4.78 is 5.33. The van der Waals surface area contributed by atoms with E-state index in [9.17, 15) is 14.7 Å². The van der Waals surface area contributed by atoms with Crippen molar-refractivity contribution in [3.8, 4) is 5.75 Å². The van der Waals surface area contributed by atoms with Crippen molar-refractivity contribution in [2.45, 2.75) is 19.8 Å². The highest BCUT2D eigenvalue weighted by atomic mass is 16.5. The lowest BCUT2D eigenvalue weighted by molar-refractivity contribution is -0.146. The second-order valence-electron chi connectivity index (χ2n) is 4.94. The van der Waals surface area contributed by atoms with Crippen LogP contribution in [0.3, 0.4) is 0 Å². The second kappa shape index (κ2) is 6.92. The molecule has 0 aliphatic heterocycles. The van der Waals surface area contributed by atoms with Crippen molar-refractivity contribution >= 4 is 17.6 Å². The third kappa shape index (κ3) is 3.84. The molecule has 0 fully saturated rings. The van der Waals surface area contributed by atoms with Crippen LogP contribution in [-0.2, 0) is 9.59 Å². The lowest BCUT2D eigenvalue weighted by atomic mass is 9.82. The molecule has 5 heteroatoms. The van der Waals surface area contributed by atoms with Gasteiger partial charge < -0.3 is 15.2 Å². The fourth-order valence-electron chi connectivity index (χ4n) is 2.41. The average Bonchev–Trinajstić information content (AvgIpc) is 2.49. The van der Waals surface area contributed by atoms with Crippen molar-refractivity contribution in [3.63, 3.8) is 0 Å². The van der Waals surface area contributed by atoms with Crippen LogP contribution >= 0.6 is 0 Å². The van der Waals surface area contributed by atoms with E-state index in [0.29, 0.717) is 25.1 Å². The van der Waals surface area contributed by atoms with Gasteiger partial charge in [-0.05, 0) is 44.0 Å². The summed E-state index contributed by atoms with van der Waals surface area (Å²) in [5.41, 5.74) is 0.641. The molecule has 1 amide bonds. The number of carbonyl (C=O) groups is 2. The molecule has 5 nitrogen and oxygen atoms in total. The molecular weight excluding hydrogens is 270 g/mol. The second-order valence-corrected chi connectivity index (χ2v) is 4.94. The molecule has 1 aromatic rings. The maximum atomic E-state index is 12.3. The molecule has 1 aliphatic carbocycles. The minimum Gasteiger partial charge on any atom is -0.494 e. The SMILES string of the molecule is CCOc1ccc(NC(=O)[C@H]2CC=CC[C@H]2C(=O)O)cc1. The van der Waals surface area contributed by atoms with E-state index in [-0.39, 0.29) is 5.91 Å². The van der Waals surface area contributed by atoms with Crippen molar-refractivity contribution in [1.82, 2.24) is 0 Å². The van der Waals surface area contributed by atoms with E-state index in [0.717, 1.165) is 5.75 Å². The number of hydrogen-bond acceptors (Lipinski definition) is 3. The number of benzene rings is 1. The molecule has 2 atom stereocenters. The van der Waals surface area contributed by atoms with Gasteiger partial charge in [0.1, 0.15) is 5.75 Å². The highest BCUT2D eigenvalue weighted by molar-refractivity contribution is 5.95. The monoisotopic (exact) mass is 289 g/mol. The number of carboxylic acid groups (broad SMARTS) is 1. The summed E-state index contributed by atoms with van der Waals surface area (Å²) in [6, 6.07) is 7.04. The van der Waals surface area contributed by atoms with Crippen molar-refractivity contribution in [1.29, 1.82) is 0 Å². The van der Waals surface area contributed by atoms with E-state index in [4.69, 9.17) is 4.74 Å². The quantitative estimate of drug-likeness (QED) is 0.817. The van der Waals surface area contributed by atoms with Crippen molar-refractivity contribution in [3.05, 3.63) is 36.4 Å². The van der Waals surface area contributed by atoms with Crippen molar-refractivity contribution in [2.75, 3.05) is 11.9 Å². The molecule has 1 aromatic carbocycles. The number of amides is 1. The Kier molecular flexibility index (Phi) is 4.98. The molecule has 0 bridgehead atoms. The highest BCUT2D eigenvalue weighted by Crippen LogP contribution is 2.27. The number of anilines is 1. The van der Waals surface area contributed by atoms with Crippen LogP contribution in [0.1, 0.15) is 19.8 Å². The van der Waals surface area contributed by atoms with Gasteiger partial charge in [0.15, 0.2) is 0 Å². The maximum Gasteiger partial charge on any atom is 0.307 e. The van der Waals surface area contributed by atoms with E-state index in [1.54, 1.807) is 24.3 Å². The number of allylic oxidation sites excluding steroid dienone is 2. The van der Waals surface area contributed by atoms with E-state index in [1.165, 1.54) is 0 Å². The smallest absolute Gasteiger partial charge is 0.307 e. The van der Waals surface area contributed by atoms with Crippen LogP contribution < -0.4 is 10.1 Å². The first-order valence-electron chi connectivity index (χ1n) is 7.03. The largest absolute Gasteiger partial charge is 0.494 e. The summed E-state index contributed by atoms with van der Waals surface area (Å²) in [6.07, 6.45) is 4.54. The van der Waals surface area contributed by atoms with E-state index >= 15 is 0 Å². The zero-order valence-corrected chi connectivity index (χ0v) is 11.9. The van der Waals surface area contributed by atoms with Crippen molar-refractivity contribution < 1.29 is 19.4 Å². The third-order valence-electron chi connectivity index (χ3n) is 3.52. The van der Waals surface area contributed by atoms with E-state index < -0.39 is 17.8 Å². The van der Waals surface area contributed by atoms with Gasteiger partial charge in [-0.25, -0.2) is 0 Å². The number of carboxylic acids is 1. The van der Waals surface area contributed by atoms with Gasteiger partial charge in [0.2, 0.25) is 5.91 Å². The van der Waals surface area contributed by atoms with Gasteiger partial charge in [0, 0.05) is 5.69 Å². The number of nitrogens with one attached hydrogen (secondary N) is 1. The molecule has 21 heavy (non-hydrogen) atoms. The summed E-state index contributed by atoms with van der Waals surface area (Å²) in [4.78, 5) is 23.5. The average molecular weight is 289 g/mol. The molecular formula is C16H19NO4. The van der Waals surface area contributed by atoms with E-state index in [1.807, 2.05) is 19.1 Å². The summed E-state index contributed by atoms with van der Waals surface area (Å²) >= 11 is 0. The Labute approximate surface area is 123 Å². The van der Waals surface area contributed by atoms with Gasteiger partial charge in [-0.15, -0.1) is 0 Å². The van der Waals surface area contributed by atoms with Crippen LogP contribution in [-0.4, -0.2) is 23.6 Å². The van der Waals surface area contributed by atoms with Gasteiger partial charge in [-0.2, -0.15) is 0 Å². The highest BCUT2D eigenvalue weighted by Gasteiger charge is 2.33. The van der Waals surface area contributed by atoms with Gasteiger partial charge in [0.05, 0.1) is 18.4 Å². The Morgan fingerprint density at radius 3 is 2.38 bits per heavy atom. The normalized spacial score (nSPS) is 20.8. The van der Waals surface area contributed by atoms with Crippen LogP contribution in [0, 0.1) is 11.8 Å². The first-order chi connectivity index (χ1) is 10.1. The summed E-state index contributed by atoms with van der Waals surface area (Å²) in [7, 11) is 0. The molecule has 0 unspecified atom stereocenters. The molecule has 2 N–H and O–H groups in total. The number of carbonyl (C=O) groups excluding carboxylic acids is 1.